The van der Waals surface area contributed by atoms with Crippen LogP contribution in [-0.4, -0.2) is 23.8 Å². The highest BCUT2D eigenvalue weighted by Crippen LogP contribution is 2.18. The lowest BCUT2D eigenvalue weighted by atomic mass is 9.94. The zero-order valence-corrected chi connectivity index (χ0v) is 10.5. The number of benzene rings is 1. The lowest BCUT2D eigenvalue weighted by Gasteiger charge is -2.23. The Morgan fingerprint density at radius 3 is 2.38 bits per heavy atom. The topological polar surface area (TPSA) is 32.3 Å². The van der Waals surface area contributed by atoms with Gasteiger partial charge in [0.2, 0.25) is 0 Å². The molecule has 3 atom stereocenters. The Morgan fingerprint density at radius 1 is 1.19 bits per heavy atom. The molecule has 2 heteroatoms. The molecule has 0 aliphatic heterocycles. The van der Waals surface area contributed by atoms with E-state index in [9.17, 15) is 5.11 Å². The smallest absolute Gasteiger partial charge is 0.0662 e. The molecule has 2 nitrogen and oxygen atoms in total. The maximum absolute atomic E-state index is 9.50. The number of aliphatic hydroxyl groups is 1. The molecule has 1 aromatic rings. The van der Waals surface area contributed by atoms with Crippen molar-refractivity contribution in [3.63, 3.8) is 0 Å². The highest BCUT2D eigenvalue weighted by atomic mass is 16.3. The van der Waals surface area contributed by atoms with Crippen LogP contribution >= 0.6 is 0 Å². The van der Waals surface area contributed by atoms with Gasteiger partial charge in [-0.2, -0.15) is 0 Å². The summed E-state index contributed by atoms with van der Waals surface area (Å²) in [7, 11) is 0. The van der Waals surface area contributed by atoms with Gasteiger partial charge in [-0.1, -0.05) is 44.2 Å². The summed E-state index contributed by atoms with van der Waals surface area (Å²) >= 11 is 0. The van der Waals surface area contributed by atoms with Gasteiger partial charge in [0.05, 0.1) is 6.10 Å². The summed E-state index contributed by atoms with van der Waals surface area (Å²) in [5, 5.41) is 12.9. The fourth-order valence-electron chi connectivity index (χ4n) is 1.69. The SMILES string of the molecule is CC[C@H](O)CN[C@@H](C)[C@@H](C)c1ccccc1. The van der Waals surface area contributed by atoms with Crippen LogP contribution < -0.4 is 5.32 Å². The van der Waals surface area contributed by atoms with Crippen molar-refractivity contribution in [3.8, 4) is 0 Å². The third-order valence-corrected chi connectivity index (χ3v) is 3.22. The van der Waals surface area contributed by atoms with Gasteiger partial charge >= 0.3 is 0 Å². The molecule has 0 heterocycles. The van der Waals surface area contributed by atoms with Crippen LogP contribution in [0.2, 0.25) is 0 Å². The molecule has 0 aromatic heterocycles. The van der Waals surface area contributed by atoms with Gasteiger partial charge in [0.15, 0.2) is 0 Å². The Bertz CT molecular complexity index is 286. The molecular formula is C14H23NO. The first-order chi connectivity index (χ1) is 7.65. The van der Waals surface area contributed by atoms with E-state index in [-0.39, 0.29) is 6.10 Å². The third kappa shape index (κ3) is 3.95. The van der Waals surface area contributed by atoms with E-state index >= 15 is 0 Å². The van der Waals surface area contributed by atoms with E-state index in [2.05, 4.69) is 43.4 Å². The largest absolute Gasteiger partial charge is 0.392 e. The van der Waals surface area contributed by atoms with Gasteiger partial charge in [0.1, 0.15) is 0 Å². The fraction of sp³-hybridized carbons (Fsp3) is 0.571. The molecular weight excluding hydrogens is 198 g/mol. The Labute approximate surface area is 98.7 Å². The summed E-state index contributed by atoms with van der Waals surface area (Å²) in [6.45, 7) is 7.05. The van der Waals surface area contributed by atoms with E-state index in [0.29, 0.717) is 18.5 Å². The van der Waals surface area contributed by atoms with E-state index in [4.69, 9.17) is 0 Å². The first kappa shape index (κ1) is 13.2. The summed E-state index contributed by atoms with van der Waals surface area (Å²) in [4.78, 5) is 0. The van der Waals surface area contributed by atoms with E-state index in [0.717, 1.165) is 6.42 Å². The molecule has 0 unspecified atom stereocenters. The number of hydrogen-bond acceptors (Lipinski definition) is 2. The summed E-state index contributed by atoms with van der Waals surface area (Å²) in [6, 6.07) is 10.9. The molecule has 1 aromatic carbocycles. The second-order valence-corrected chi connectivity index (χ2v) is 4.46. The molecule has 1 rings (SSSR count). The van der Waals surface area contributed by atoms with Crippen LogP contribution in [0.4, 0.5) is 0 Å². The normalized spacial score (nSPS) is 16.8. The van der Waals surface area contributed by atoms with Gasteiger partial charge in [-0.15, -0.1) is 0 Å². The zero-order valence-electron chi connectivity index (χ0n) is 10.5. The molecule has 0 fully saturated rings. The summed E-state index contributed by atoms with van der Waals surface area (Å²) in [5.74, 6) is 0.463. The van der Waals surface area contributed by atoms with Crippen LogP contribution in [0, 0.1) is 0 Å². The van der Waals surface area contributed by atoms with Crippen LogP contribution in [0.25, 0.3) is 0 Å². The minimum absolute atomic E-state index is 0.231. The van der Waals surface area contributed by atoms with Crippen molar-refractivity contribution >= 4 is 0 Å². The molecule has 0 saturated carbocycles. The van der Waals surface area contributed by atoms with Crippen molar-refractivity contribution in [1.29, 1.82) is 0 Å². The maximum Gasteiger partial charge on any atom is 0.0662 e. The quantitative estimate of drug-likeness (QED) is 0.773. The number of nitrogens with one attached hydrogen (secondary N) is 1. The first-order valence-corrected chi connectivity index (χ1v) is 6.11. The molecule has 0 aliphatic carbocycles. The predicted octanol–water partition coefficient (Wildman–Crippen LogP) is 2.54. The monoisotopic (exact) mass is 221 g/mol. The summed E-state index contributed by atoms with van der Waals surface area (Å²) in [5.41, 5.74) is 1.34. The average Bonchev–Trinajstić information content (AvgIpc) is 2.35. The van der Waals surface area contributed by atoms with Crippen LogP contribution in [-0.2, 0) is 0 Å². The minimum Gasteiger partial charge on any atom is -0.392 e. The van der Waals surface area contributed by atoms with Crippen molar-refractivity contribution in [2.45, 2.75) is 45.3 Å². The van der Waals surface area contributed by atoms with Crippen LogP contribution in [0.5, 0.6) is 0 Å². The van der Waals surface area contributed by atoms with Gasteiger partial charge in [-0.05, 0) is 24.8 Å². The molecule has 0 amide bonds. The molecule has 0 saturated heterocycles. The van der Waals surface area contributed by atoms with E-state index in [1.807, 2.05) is 13.0 Å². The Kier molecular flexibility index (Phi) is 5.50. The molecule has 2 N–H and O–H groups in total. The number of rotatable bonds is 6. The molecule has 0 bridgehead atoms. The Morgan fingerprint density at radius 2 is 1.81 bits per heavy atom. The summed E-state index contributed by atoms with van der Waals surface area (Å²) in [6.07, 6.45) is 0.574. The summed E-state index contributed by atoms with van der Waals surface area (Å²) < 4.78 is 0. The van der Waals surface area contributed by atoms with Crippen molar-refractivity contribution in [1.82, 2.24) is 5.32 Å². The number of aliphatic hydroxyl groups excluding tert-OH is 1. The van der Waals surface area contributed by atoms with Gasteiger partial charge in [0.25, 0.3) is 0 Å². The Hall–Kier alpha value is -0.860. The third-order valence-electron chi connectivity index (χ3n) is 3.22. The molecule has 0 radical (unpaired) electrons. The van der Waals surface area contributed by atoms with E-state index in [1.165, 1.54) is 5.56 Å². The van der Waals surface area contributed by atoms with E-state index in [1.54, 1.807) is 0 Å². The van der Waals surface area contributed by atoms with E-state index < -0.39 is 0 Å². The molecule has 16 heavy (non-hydrogen) atoms. The minimum atomic E-state index is -0.231. The first-order valence-electron chi connectivity index (χ1n) is 6.11. The molecule has 0 spiro atoms. The fourth-order valence-corrected chi connectivity index (χ4v) is 1.69. The van der Waals surface area contributed by atoms with Crippen molar-refractivity contribution in [3.05, 3.63) is 35.9 Å². The second kappa shape index (κ2) is 6.66. The molecule has 90 valence electrons. The Balaban J connectivity index is 2.45. The van der Waals surface area contributed by atoms with Crippen molar-refractivity contribution < 1.29 is 5.11 Å². The van der Waals surface area contributed by atoms with Crippen molar-refractivity contribution in [2.24, 2.45) is 0 Å². The van der Waals surface area contributed by atoms with Crippen LogP contribution in [0.1, 0.15) is 38.7 Å². The maximum atomic E-state index is 9.50. The highest BCUT2D eigenvalue weighted by Gasteiger charge is 2.14. The predicted molar refractivity (Wildman–Crippen MR) is 68.6 cm³/mol. The van der Waals surface area contributed by atoms with Crippen LogP contribution in [0.3, 0.4) is 0 Å². The lowest BCUT2D eigenvalue weighted by molar-refractivity contribution is 0.162. The van der Waals surface area contributed by atoms with Gasteiger partial charge in [-0.3, -0.25) is 0 Å². The van der Waals surface area contributed by atoms with Crippen LogP contribution in [0.15, 0.2) is 30.3 Å². The lowest BCUT2D eigenvalue weighted by Crippen LogP contribution is -2.36. The highest BCUT2D eigenvalue weighted by molar-refractivity contribution is 5.20. The molecule has 0 aliphatic rings. The average molecular weight is 221 g/mol. The standard InChI is InChI=1S/C14H23NO/c1-4-14(16)10-15-12(3)11(2)13-8-6-5-7-9-13/h5-9,11-12,14-16H,4,10H2,1-3H3/t11-,12+,14+/m1/s1. The van der Waals surface area contributed by atoms with Gasteiger partial charge < -0.3 is 10.4 Å². The van der Waals surface area contributed by atoms with Crippen molar-refractivity contribution in [2.75, 3.05) is 6.54 Å². The van der Waals surface area contributed by atoms with Gasteiger partial charge in [0, 0.05) is 12.6 Å². The number of hydrogen-bond donors (Lipinski definition) is 2. The second-order valence-electron chi connectivity index (χ2n) is 4.46. The zero-order chi connectivity index (χ0) is 12.0. The van der Waals surface area contributed by atoms with Gasteiger partial charge in [-0.25, -0.2) is 0 Å².